The third-order valence-electron chi connectivity index (χ3n) is 8.22. The Morgan fingerprint density at radius 2 is 1.07 bits per heavy atom. The van der Waals surface area contributed by atoms with Gasteiger partial charge in [-0.3, -0.25) is 18.6 Å². The molecule has 0 amide bonds. The third kappa shape index (κ3) is 37.7. The molecule has 3 atom stereocenters. The zero-order valence-corrected chi connectivity index (χ0v) is 34.4. The number of hydrogen-bond donors (Lipinski definition) is 3. The minimum atomic E-state index is -4.63. The minimum Gasteiger partial charge on any atom is -0.480 e. The predicted octanol–water partition coefficient (Wildman–Crippen LogP) is 11.0. The van der Waals surface area contributed by atoms with Crippen molar-refractivity contribution in [3.8, 4) is 0 Å². The lowest BCUT2D eigenvalue weighted by Crippen LogP contribution is -2.34. The molecule has 0 bridgehead atoms. The first-order valence-electron chi connectivity index (χ1n) is 20.5. The molecule has 0 spiro atoms. The van der Waals surface area contributed by atoms with E-state index in [9.17, 15) is 19.0 Å². The van der Waals surface area contributed by atoms with Gasteiger partial charge in [0.25, 0.3) is 0 Å². The minimum absolute atomic E-state index is 0.00756. The Bertz CT molecular complexity index is 1130. The molecular weight excluding hydrogens is 705 g/mol. The normalized spacial score (nSPS) is 14.7. The zero-order valence-electron chi connectivity index (χ0n) is 33.5. The summed E-state index contributed by atoms with van der Waals surface area (Å²) in [6.45, 7) is 3.64. The maximum absolute atomic E-state index is 12.6. The molecule has 4 N–H and O–H groups in total. The van der Waals surface area contributed by atoms with Gasteiger partial charge >= 0.3 is 19.8 Å². The molecule has 3 unspecified atom stereocenters. The highest BCUT2D eigenvalue weighted by Gasteiger charge is 2.27. The van der Waals surface area contributed by atoms with Gasteiger partial charge in [-0.1, -0.05) is 132 Å². The summed E-state index contributed by atoms with van der Waals surface area (Å²) < 4.78 is 33.2. The summed E-state index contributed by atoms with van der Waals surface area (Å²) in [6.07, 6.45) is 46.7. The van der Waals surface area contributed by atoms with Crippen molar-refractivity contribution in [2.75, 3.05) is 26.4 Å². The Labute approximate surface area is 327 Å². The standard InChI is InChI=1S/C43H74NO9P/c1-3-5-7-9-11-13-15-17-18-19-20-21-22-23-24-26-28-30-32-34-36-50-37-40(38-51-54(48,49)52-39-41(44)43(46)47)53-42(45)35-33-31-29-27-25-16-14-12-10-8-6-4-2/h5,7,11-14,17-18,20-21,23-24,40-41H,3-4,6,8-10,15-16,19,22,25-39,44H2,1-2H3,(H,46,47)(H,48,49)/b7-5-,13-11-,14-12-,18-17-,21-20-,24-23-. The van der Waals surface area contributed by atoms with E-state index in [1.807, 2.05) is 0 Å². The lowest BCUT2D eigenvalue weighted by atomic mass is 10.1. The number of nitrogens with two attached hydrogens (primary N) is 1. The van der Waals surface area contributed by atoms with Crippen LogP contribution in [-0.4, -0.2) is 60.5 Å². The molecule has 0 aromatic carbocycles. The van der Waals surface area contributed by atoms with E-state index in [1.165, 1.54) is 19.3 Å². The fraction of sp³-hybridized carbons (Fsp3) is 0.674. The smallest absolute Gasteiger partial charge is 0.472 e. The van der Waals surface area contributed by atoms with Gasteiger partial charge in [0.15, 0.2) is 0 Å². The highest BCUT2D eigenvalue weighted by Crippen LogP contribution is 2.43. The Morgan fingerprint density at radius 1 is 0.611 bits per heavy atom. The van der Waals surface area contributed by atoms with Crippen molar-refractivity contribution >= 4 is 19.8 Å². The first kappa shape index (κ1) is 51.4. The van der Waals surface area contributed by atoms with Gasteiger partial charge < -0.3 is 25.2 Å². The van der Waals surface area contributed by atoms with Gasteiger partial charge in [-0.05, 0) is 83.5 Å². The van der Waals surface area contributed by atoms with E-state index in [1.54, 1.807) is 0 Å². The molecule has 0 aliphatic rings. The van der Waals surface area contributed by atoms with Crippen LogP contribution in [0, 0.1) is 0 Å². The van der Waals surface area contributed by atoms with Gasteiger partial charge in [-0.15, -0.1) is 0 Å². The van der Waals surface area contributed by atoms with Crippen molar-refractivity contribution in [3.05, 3.63) is 72.9 Å². The molecule has 0 aromatic rings. The van der Waals surface area contributed by atoms with Crippen LogP contribution in [-0.2, 0) is 32.7 Å². The third-order valence-corrected chi connectivity index (χ3v) is 9.17. The summed E-state index contributed by atoms with van der Waals surface area (Å²) >= 11 is 0. The molecule has 0 saturated carbocycles. The summed E-state index contributed by atoms with van der Waals surface area (Å²) in [4.78, 5) is 33.4. The Morgan fingerprint density at radius 3 is 1.63 bits per heavy atom. The monoisotopic (exact) mass is 780 g/mol. The van der Waals surface area contributed by atoms with Gasteiger partial charge in [0.2, 0.25) is 0 Å². The molecule has 0 aliphatic heterocycles. The van der Waals surface area contributed by atoms with E-state index in [2.05, 4.69) is 86.8 Å². The highest BCUT2D eigenvalue weighted by atomic mass is 31.2. The Hall–Kier alpha value is -2.59. The summed E-state index contributed by atoms with van der Waals surface area (Å²) in [5, 5.41) is 8.88. The van der Waals surface area contributed by atoms with E-state index < -0.39 is 45.1 Å². The number of rotatable bonds is 38. The summed E-state index contributed by atoms with van der Waals surface area (Å²) in [5.74, 6) is -1.81. The van der Waals surface area contributed by atoms with Gasteiger partial charge in [-0.2, -0.15) is 0 Å². The Kier molecular flexibility index (Phi) is 36.8. The van der Waals surface area contributed by atoms with Gasteiger partial charge in [0.1, 0.15) is 12.1 Å². The number of hydrogen-bond acceptors (Lipinski definition) is 8. The maximum Gasteiger partial charge on any atom is 0.472 e. The number of aliphatic carboxylic acids is 1. The number of allylic oxidation sites excluding steroid dienone is 12. The van der Waals surface area contributed by atoms with Crippen LogP contribution in [0.5, 0.6) is 0 Å². The molecule has 11 heteroatoms. The van der Waals surface area contributed by atoms with Crippen molar-refractivity contribution in [1.82, 2.24) is 0 Å². The highest BCUT2D eigenvalue weighted by molar-refractivity contribution is 7.47. The second-order valence-corrected chi connectivity index (χ2v) is 14.8. The van der Waals surface area contributed by atoms with Crippen LogP contribution in [0.15, 0.2) is 72.9 Å². The molecule has 0 fully saturated rings. The van der Waals surface area contributed by atoms with E-state index in [4.69, 9.17) is 29.4 Å². The van der Waals surface area contributed by atoms with Crippen molar-refractivity contribution in [2.45, 2.75) is 161 Å². The van der Waals surface area contributed by atoms with Crippen LogP contribution in [0.25, 0.3) is 0 Å². The number of esters is 1. The quantitative estimate of drug-likeness (QED) is 0.0239. The molecule has 0 radical (unpaired) electrons. The van der Waals surface area contributed by atoms with E-state index in [-0.39, 0.29) is 13.0 Å². The Balaban J connectivity index is 4.33. The molecular formula is C43H74NO9P. The number of ether oxygens (including phenoxy) is 2. The summed E-state index contributed by atoms with van der Waals surface area (Å²) in [5.41, 5.74) is 5.34. The first-order chi connectivity index (χ1) is 26.2. The molecule has 54 heavy (non-hydrogen) atoms. The van der Waals surface area contributed by atoms with E-state index in [0.29, 0.717) is 13.0 Å². The SMILES string of the molecule is CC/C=C\C/C=C\C/C=C\C/C=C\C/C=C\CCCCCCOCC(COP(=O)(O)OCC(N)C(=O)O)OC(=O)CCCCCCC/C=C\CCCCC. The van der Waals surface area contributed by atoms with Crippen LogP contribution in [0.2, 0.25) is 0 Å². The van der Waals surface area contributed by atoms with E-state index in [0.717, 1.165) is 103 Å². The number of carboxylic acids is 1. The largest absolute Gasteiger partial charge is 0.480 e. The molecule has 0 heterocycles. The number of carbonyl (C=O) groups excluding carboxylic acids is 1. The number of carboxylic acid groups (broad SMARTS) is 1. The van der Waals surface area contributed by atoms with Crippen LogP contribution in [0.4, 0.5) is 0 Å². The van der Waals surface area contributed by atoms with Crippen LogP contribution >= 0.6 is 7.82 Å². The van der Waals surface area contributed by atoms with Crippen LogP contribution in [0.3, 0.4) is 0 Å². The fourth-order valence-electron chi connectivity index (χ4n) is 5.03. The van der Waals surface area contributed by atoms with Crippen LogP contribution < -0.4 is 5.73 Å². The second kappa shape index (κ2) is 38.7. The molecule has 10 nitrogen and oxygen atoms in total. The molecule has 0 rings (SSSR count). The van der Waals surface area contributed by atoms with E-state index >= 15 is 0 Å². The topological polar surface area (TPSA) is 155 Å². The number of carbonyl (C=O) groups is 2. The molecule has 0 aromatic heterocycles. The zero-order chi connectivity index (χ0) is 39.8. The summed E-state index contributed by atoms with van der Waals surface area (Å²) in [6, 6.07) is -1.48. The second-order valence-electron chi connectivity index (χ2n) is 13.4. The average molecular weight is 780 g/mol. The summed E-state index contributed by atoms with van der Waals surface area (Å²) in [7, 11) is -4.63. The van der Waals surface area contributed by atoms with Gasteiger partial charge in [0, 0.05) is 13.0 Å². The lowest BCUT2D eigenvalue weighted by Gasteiger charge is -2.20. The number of phosphoric ester groups is 1. The predicted molar refractivity (Wildman–Crippen MR) is 221 cm³/mol. The molecule has 0 saturated heterocycles. The first-order valence-corrected chi connectivity index (χ1v) is 22.0. The van der Waals surface area contributed by atoms with Crippen molar-refractivity contribution in [2.24, 2.45) is 5.73 Å². The average Bonchev–Trinajstić information content (AvgIpc) is 3.15. The number of phosphoric acid groups is 1. The van der Waals surface area contributed by atoms with Crippen LogP contribution in [0.1, 0.15) is 149 Å². The van der Waals surface area contributed by atoms with Crippen molar-refractivity contribution < 1.29 is 42.7 Å². The molecule has 0 aliphatic carbocycles. The van der Waals surface area contributed by atoms with Gasteiger partial charge in [-0.25, -0.2) is 4.57 Å². The van der Waals surface area contributed by atoms with Crippen molar-refractivity contribution in [1.29, 1.82) is 0 Å². The molecule has 310 valence electrons. The van der Waals surface area contributed by atoms with Gasteiger partial charge in [0.05, 0.1) is 19.8 Å². The van der Waals surface area contributed by atoms with Crippen molar-refractivity contribution in [3.63, 3.8) is 0 Å². The number of unbranched alkanes of at least 4 members (excludes halogenated alkanes) is 12. The maximum atomic E-state index is 12.6. The lowest BCUT2D eigenvalue weighted by molar-refractivity contribution is -0.154. The fourth-order valence-corrected chi connectivity index (χ4v) is 5.81.